The quantitative estimate of drug-likeness (QED) is 0.875. The van der Waals surface area contributed by atoms with Crippen LogP contribution in [0.25, 0.3) is 0 Å². The number of para-hydroxylation sites is 1. The zero-order valence-corrected chi connectivity index (χ0v) is 11.8. The smallest absolute Gasteiger partial charge is 0.254 e. The van der Waals surface area contributed by atoms with E-state index in [-0.39, 0.29) is 5.56 Å². The number of nitrogens with two attached hydrogens (primary N) is 1. The van der Waals surface area contributed by atoms with Gasteiger partial charge in [-0.15, -0.1) is 0 Å². The molecule has 0 aliphatic heterocycles. The van der Waals surface area contributed by atoms with Crippen LogP contribution in [0.15, 0.2) is 36.5 Å². The van der Waals surface area contributed by atoms with Crippen LogP contribution in [0, 0.1) is 0 Å². The van der Waals surface area contributed by atoms with Gasteiger partial charge in [0.15, 0.2) is 0 Å². The van der Waals surface area contributed by atoms with Gasteiger partial charge < -0.3 is 16.0 Å². The largest absolute Gasteiger partial charge is 0.365 e. The molecule has 108 valence electrons. The van der Waals surface area contributed by atoms with Crippen molar-refractivity contribution in [3.8, 4) is 0 Å². The van der Waals surface area contributed by atoms with Crippen LogP contribution in [0.3, 0.4) is 0 Å². The number of rotatable bonds is 5. The van der Waals surface area contributed by atoms with Crippen molar-refractivity contribution >= 4 is 23.4 Å². The Hall–Kier alpha value is -2.63. The molecule has 6 nitrogen and oxygen atoms in total. The van der Waals surface area contributed by atoms with Crippen LogP contribution in [0.2, 0.25) is 0 Å². The summed E-state index contributed by atoms with van der Waals surface area (Å²) >= 11 is 0. The number of amides is 1. The molecule has 2 aromatic rings. The first kappa shape index (κ1) is 13.4. The van der Waals surface area contributed by atoms with Crippen molar-refractivity contribution in [2.24, 2.45) is 5.73 Å². The van der Waals surface area contributed by atoms with E-state index in [0.29, 0.717) is 17.8 Å². The van der Waals surface area contributed by atoms with Crippen molar-refractivity contribution in [2.45, 2.75) is 18.9 Å². The normalized spacial score (nSPS) is 13.8. The molecule has 0 atom stereocenters. The molecular weight excluding hydrogens is 266 g/mol. The van der Waals surface area contributed by atoms with Crippen LogP contribution in [0.1, 0.15) is 23.2 Å². The van der Waals surface area contributed by atoms with Crippen LogP contribution in [-0.2, 0) is 0 Å². The molecule has 3 rings (SSSR count). The van der Waals surface area contributed by atoms with Crippen LogP contribution < -0.4 is 16.0 Å². The van der Waals surface area contributed by atoms with Gasteiger partial charge in [-0.3, -0.25) is 4.79 Å². The number of hydrogen-bond donors (Lipinski definition) is 2. The Morgan fingerprint density at radius 3 is 2.67 bits per heavy atom. The predicted octanol–water partition coefficient (Wildman–Crippen LogP) is 1.92. The lowest BCUT2D eigenvalue weighted by Crippen LogP contribution is -2.23. The van der Waals surface area contributed by atoms with Gasteiger partial charge in [0.25, 0.3) is 5.91 Å². The standard InChI is InChI=1S/C15H17N5O/c1-20(11-7-8-11)15-17-9-12(13(16)21)14(19-15)18-10-5-3-2-4-6-10/h2-6,9,11H,7-8H2,1H3,(H2,16,21)(H,17,18,19). The monoisotopic (exact) mass is 283 g/mol. The Bertz CT molecular complexity index is 654. The van der Waals surface area contributed by atoms with Gasteiger partial charge in [0.1, 0.15) is 11.4 Å². The molecule has 6 heteroatoms. The fourth-order valence-electron chi connectivity index (χ4n) is 2.10. The Labute approximate surface area is 123 Å². The molecule has 1 aromatic carbocycles. The topological polar surface area (TPSA) is 84.1 Å². The van der Waals surface area contributed by atoms with Gasteiger partial charge >= 0.3 is 0 Å². The Kier molecular flexibility index (Phi) is 3.43. The summed E-state index contributed by atoms with van der Waals surface area (Å²) < 4.78 is 0. The van der Waals surface area contributed by atoms with E-state index in [0.717, 1.165) is 18.5 Å². The second-order valence-corrected chi connectivity index (χ2v) is 5.13. The minimum atomic E-state index is -0.547. The van der Waals surface area contributed by atoms with Crippen LogP contribution in [-0.4, -0.2) is 29.0 Å². The highest BCUT2D eigenvalue weighted by atomic mass is 16.1. The maximum atomic E-state index is 11.5. The van der Waals surface area contributed by atoms with Gasteiger partial charge in [-0.05, 0) is 25.0 Å². The number of anilines is 3. The van der Waals surface area contributed by atoms with Crippen molar-refractivity contribution in [2.75, 3.05) is 17.3 Å². The van der Waals surface area contributed by atoms with E-state index in [1.807, 2.05) is 42.3 Å². The first-order valence-corrected chi connectivity index (χ1v) is 6.87. The predicted molar refractivity (Wildman–Crippen MR) is 81.7 cm³/mol. The number of nitrogens with one attached hydrogen (secondary N) is 1. The third-order valence-electron chi connectivity index (χ3n) is 3.49. The van der Waals surface area contributed by atoms with E-state index in [1.54, 1.807) is 0 Å². The van der Waals surface area contributed by atoms with Gasteiger partial charge in [0.2, 0.25) is 5.95 Å². The summed E-state index contributed by atoms with van der Waals surface area (Å²) in [5, 5.41) is 3.13. The van der Waals surface area contributed by atoms with Gasteiger partial charge in [0, 0.05) is 25.0 Å². The van der Waals surface area contributed by atoms with Gasteiger partial charge in [-0.25, -0.2) is 4.98 Å². The lowest BCUT2D eigenvalue weighted by molar-refractivity contribution is 0.100. The highest BCUT2D eigenvalue weighted by molar-refractivity contribution is 5.98. The SMILES string of the molecule is CN(c1ncc(C(N)=O)c(Nc2ccccc2)n1)C1CC1. The highest BCUT2D eigenvalue weighted by Gasteiger charge is 2.28. The molecule has 1 amide bonds. The molecule has 0 saturated heterocycles. The maximum absolute atomic E-state index is 11.5. The summed E-state index contributed by atoms with van der Waals surface area (Å²) in [6.45, 7) is 0. The van der Waals surface area contributed by atoms with E-state index in [2.05, 4.69) is 15.3 Å². The minimum Gasteiger partial charge on any atom is -0.365 e. The Morgan fingerprint density at radius 1 is 1.33 bits per heavy atom. The second-order valence-electron chi connectivity index (χ2n) is 5.13. The minimum absolute atomic E-state index is 0.284. The Balaban J connectivity index is 1.94. The summed E-state index contributed by atoms with van der Waals surface area (Å²) in [7, 11) is 1.96. The number of hydrogen-bond acceptors (Lipinski definition) is 5. The van der Waals surface area contributed by atoms with Crippen LogP contribution >= 0.6 is 0 Å². The molecular formula is C15H17N5O. The van der Waals surface area contributed by atoms with E-state index in [1.165, 1.54) is 6.20 Å². The average molecular weight is 283 g/mol. The molecule has 1 aromatic heterocycles. The molecule has 1 aliphatic rings. The van der Waals surface area contributed by atoms with Crippen molar-refractivity contribution < 1.29 is 4.79 Å². The lowest BCUT2D eigenvalue weighted by Gasteiger charge is -2.18. The molecule has 1 fully saturated rings. The van der Waals surface area contributed by atoms with Crippen LogP contribution in [0.5, 0.6) is 0 Å². The first-order valence-electron chi connectivity index (χ1n) is 6.87. The second kappa shape index (κ2) is 5.40. The summed E-state index contributed by atoms with van der Waals surface area (Å²) in [6, 6.07) is 10.0. The van der Waals surface area contributed by atoms with Gasteiger partial charge in [-0.1, -0.05) is 18.2 Å². The fraction of sp³-hybridized carbons (Fsp3) is 0.267. The number of primary amides is 1. The third kappa shape index (κ3) is 2.94. The zero-order chi connectivity index (χ0) is 14.8. The molecule has 1 saturated carbocycles. The lowest BCUT2D eigenvalue weighted by atomic mass is 10.2. The molecule has 21 heavy (non-hydrogen) atoms. The zero-order valence-electron chi connectivity index (χ0n) is 11.8. The van der Waals surface area contributed by atoms with Gasteiger partial charge in [-0.2, -0.15) is 4.98 Å². The molecule has 0 spiro atoms. The third-order valence-corrected chi connectivity index (χ3v) is 3.49. The van der Waals surface area contributed by atoms with E-state index >= 15 is 0 Å². The molecule has 1 heterocycles. The highest BCUT2D eigenvalue weighted by Crippen LogP contribution is 2.29. The molecule has 0 bridgehead atoms. The summed E-state index contributed by atoms with van der Waals surface area (Å²) in [5.74, 6) is 0.487. The van der Waals surface area contributed by atoms with Crippen molar-refractivity contribution in [1.82, 2.24) is 9.97 Å². The molecule has 3 N–H and O–H groups in total. The average Bonchev–Trinajstić information content (AvgIpc) is 3.32. The van der Waals surface area contributed by atoms with E-state index < -0.39 is 5.91 Å². The van der Waals surface area contributed by atoms with Crippen molar-refractivity contribution in [3.05, 3.63) is 42.1 Å². The summed E-state index contributed by atoms with van der Waals surface area (Å²) in [5.41, 5.74) is 6.52. The molecule has 0 unspecified atom stereocenters. The Morgan fingerprint density at radius 2 is 2.05 bits per heavy atom. The number of aromatic nitrogens is 2. The first-order chi connectivity index (χ1) is 10.1. The number of carbonyl (C=O) groups is 1. The van der Waals surface area contributed by atoms with Gasteiger partial charge in [0.05, 0.1) is 0 Å². The van der Waals surface area contributed by atoms with Crippen LogP contribution in [0.4, 0.5) is 17.5 Å². The fourth-order valence-corrected chi connectivity index (χ4v) is 2.10. The number of benzene rings is 1. The number of nitrogens with zero attached hydrogens (tertiary/aromatic N) is 3. The summed E-state index contributed by atoms with van der Waals surface area (Å²) in [4.78, 5) is 22.2. The van der Waals surface area contributed by atoms with Crippen molar-refractivity contribution in [3.63, 3.8) is 0 Å². The molecule has 0 radical (unpaired) electrons. The summed E-state index contributed by atoms with van der Waals surface area (Å²) in [6.07, 6.45) is 3.78. The number of carbonyl (C=O) groups excluding carboxylic acids is 1. The maximum Gasteiger partial charge on any atom is 0.254 e. The van der Waals surface area contributed by atoms with Crippen molar-refractivity contribution in [1.29, 1.82) is 0 Å². The van der Waals surface area contributed by atoms with E-state index in [4.69, 9.17) is 5.73 Å². The molecule has 1 aliphatic carbocycles. The van der Waals surface area contributed by atoms with E-state index in [9.17, 15) is 4.79 Å².